The van der Waals surface area contributed by atoms with Gasteiger partial charge in [0.2, 0.25) is 11.8 Å². The molecule has 2 aliphatic rings. The lowest BCUT2D eigenvalue weighted by atomic mass is 9.76. The van der Waals surface area contributed by atoms with E-state index in [2.05, 4.69) is 10.2 Å². The highest BCUT2D eigenvalue weighted by Crippen LogP contribution is 2.34. The van der Waals surface area contributed by atoms with Crippen molar-refractivity contribution in [1.82, 2.24) is 15.7 Å². The zero-order valence-electron chi connectivity index (χ0n) is 19.9. The third kappa shape index (κ3) is 6.38. The fraction of sp³-hybridized carbons (Fsp3) is 0.625. The molecule has 0 aromatic heterocycles. The van der Waals surface area contributed by atoms with Gasteiger partial charge in [0.25, 0.3) is 0 Å². The van der Waals surface area contributed by atoms with Gasteiger partial charge in [-0.25, -0.2) is 10.3 Å². The van der Waals surface area contributed by atoms with Gasteiger partial charge in [-0.3, -0.25) is 14.8 Å². The molecule has 1 saturated heterocycles. The van der Waals surface area contributed by atoms with Gasteiger partial charge in [-0.05, 0) is 37.3 Å². The van der Waals surface area contributed by atoms with Crippen molar-refractivity contribution in [1.29, 1.82) is 0 Å². The lowest BCUT2D eigenvalue weighted by molar-refractivity contribution is -0.149. The smallest absolute Gasteiger partial charge is 0.407 e. The molecule has 4 atom stereocenters. The van der Waals surface area contributed by atoms with E-state index in [1.807, 2.05) is 44.2 Å². The zero-order valence-corrected chi connectivity index (χ0v) is 19.9. The molecule has 3 amide bonds. The summed E-state index contributed by atoms with van der Waals surface area (Å²) in [6.45, 7) is 6.05. The predicted octanol–water partition coefficient (Wildman–Crippen LogP) is 1.37. The Morgan fingerprint density at radius 1 is 1.06 bits per heavy atom. The number of para-hydroxylation sites is 1. The monoisotopic (exact) mass is 476 g/mol. The highest BCUT2D eigenvalue weighted by atomic mass is 16.6. The van der Waals surface area contributed by atoms with E-state index in [0.29, 0.717) is 39.0 Å². The normalized spacial score (nSPS) is 23.9. The first-order valence-electron chi connectivity index (χ1n) is 11.9. The average Bonchev–Trinajstić information content (AvgIpc) is 2.86. The number of ether oxygens (including phenoxy) is 1. The van der Waals surface area contributed by atoms with Crippen LogP contribution >= 0.6 is 0 Å². The Bertz CT molecular complexity index is 828. The van der Waals surface area contributed by atoms with E-state index in [1.54, 1.807) is 10.4 Å². The maximum Gasteiger partial charge on any atom is 0.407 e. The Morgan fingerprint density at radius 2 is 1.74 bits per heavy atom. The molecule has 1 heterocycles. The summed E-state index contributed by atoms with van der Waals surface area (Å²) in [6, 6.07) is 9.59. The van der Waals surface area contributed by atoms with Crippen molar-refractivity contribution in [2.75, 3.05) is 37.7 Å². The molecule has 2 fully saturated rings. The Labute approximate surface area is 200 Å². The molecule has 10 heteroatoms. The number of hydrogen-bond acceptors (Lipinski definition) is 7. The molecule has 0 unspecified atom stereocenters. The number of hydroxylamine groups is 1. The van der Waals surface area contributed by atoms with Gasteiger partial charge in [-0.1, -0.05) is 32.0 Å². The van der Waals surface area contributed by atoms with Crippen LogP contribution in [-0.2, 0) is 14.3 Å². The van der Waals surface area contributed by atoms with E-state index < -0.39 is 36.0 Å². The van der Waals surface area contributed by atoms with Crippen molar-refractivity contribution < 1.29 is 29.4 Å². The number of piperazine rings is 1. The van der Waals surface area contributed by atoms with Crippen LogP contribution < -0.4 is 15.7 Å². The van der Waals surface area contributed by atoms with Gasteiger partial charge in [0, 0.05) is 31.9 Å². The topological polar surface area (TPSA) is 131 Å². The van der Waals surface area contributed by atoms with Crippen LogP contribution in [0.4, 0.5) is 10.5 Å². The van der Waals surface area contributed by atoms with Gasteiger partial charge < -0.3 is 25.0 Å². The molecular formula is C24H36N4O6. The molecule has 4 N–H and O–H groups in total. The zero-order chi connectivity index (χ0) is 24.7. The van der Waals surface area contributed by atoms with E-state index in [4.69, 9.17) is 4.74 Å². The fourth-order valence-corrected chi connectivity index (χ4v) is 4.73. The van der Waals surface area contributed by atoms with Gasteiger partial charge in [0.1, 0.15) is 6.10 Å². The summed E-state index contributed by atoms with van der Waals surface area (Å²) in [4.78, 5) is 42.0. The van der Waals surface area contributed by atoms with Crippen molar-refractivity contribution in [3.63, 3.8) is 0 Å². The summed E-state index contributed by atoms with van der Waals surface area (Å²) < 4.78 is 5.48. The number of carbonyl (C=O) groups is 3. The summed E-state index contributed by atoms with van der Waals surface area (Å²) in [5, 5.41) is 21.3. The van der Waals surface area contributed by atoms with E-state index in [1.165, 1.54) is 0 Å². The van der Waals surface area contributed by atoms with Gasteiger partial charge in [-0.15, -0.1) is 0 Å². The second-order valence-electron chi connectivity index (χ2n) is 9.35. The van der Waals surface area contributed by atoms with E-state index >= 15 is 0 Å². The fourth-order valence-electron chi connectivity index (χ4n) is 4.73. The first-order chi connectivity index (χ1) is 16.3. The second kappa shape index (κ2) is 12.0. The number of rotatable bonds is 7. The molecule has 1 aliphatic heterocycles. The highest BCUT2D eigenvalue weighted by Gasteiger charge is 2.42. The van der Waals surface area contributed by atoms with Crippen molar-refractivity contribution in [3.05, 3.63) is 30.3 Å². The number of nitrogens with one attached hydrogen (secondary N) is 2. The summed E-state index contributed by atoms with van der Waals surface area (Å²) in [6.07, 6.45) is -0.267. The van der Waals surface area contributed by atoms with Crippen molar-refractivity contribution in [2.24, 2.45) is 17.8 Å². The minimum Gasteiger partial charge on any atom is -0.446 e. The molecule has 1 aromatic carbocycles. The van der Waals surface area contributed by atoms with E-state index in [0.717, 1.165) is 5.69 Å². The third-order valence-corrected chi connectivity index (χ3v) is 6.86. The Hall–Kier alpha value is -2.85. The Balaban J connectivity index is 1.58. The largest absolute Gasteiger partial charge is 0.446 e. The predicted molar refractivity (Wildman–Crippen MR) is 125 cm³/mol. The molecule has 1 aliphatic carbocycles. The highest BCUT2D eigenvalue weighted by molar-refractivity contribution is 5.87. The standard InChI is InChI=1S/C24H36N4O6/c1-16(2)21(15-29)25-24(32)34-18-8-9-19(20(14-18)22(30)26-33)23(31)28-12-10-27(11-13-28)17-6-4-3-5-7-17/h3-7,16,18-21,29,33H,8-15H2,1-2H3,(H,25,32)(H,26,30)/t18-,19+,20+,21+/m1/s1. The summed E-state index contributed by atoms with van der Waals surface area (Å²) >= 11 is 0. The van der Waals surface area contributed by atoms with E-state index in [-0.39, 0.29) is 24.9 Å². The lowest BCUT2D eigenvalue weighted by Crippen LogP contribution is -2.53. The molecule has 0 radical (unpaired) electrons. The Morgan fingerprint density at radius 3 is 2.32 bits per heavy atom. The van der Waals surface area contributed by atoms with Crippen molar-refractivity contribution in [3.8, 4) is 0 Å². The van der Waals surface area contributed by atoms with Crippen LogP contribution in [0.15, 0.2) is 30.3 Å². The van der Waals surface area contributed by atoms with E-state index in [9.17, 15) is 24.7 Å². The lowest BCUT2D eigenvalue weighted by Gasteiger charge is -2.40. The molecule has 0 spiro atoms. The van der Waals surface area contributed by atoms with Crippen LogP contribution in [0.25, 0.3) is 0 Å². The van der Waals surface area contributed by atoms with Gasteiger partial charge in [-0.2, -0.15) is 0 Å². The van der Waals surface area contributed by atoms with Gasteiger partial charge in [0.05, 0.1) is 24.5 Å². The summed E-state index contributed by atoms with van der Waals surface area (Å²) in [7, 11) is 0. The second-order valence-corrected chi connectivity index (χ2v) is 9.35. The van der Waals surface area contributed by atoms with Crippen molar-refractivity contribution in [2.45, 2.75) is 45.3 Å². The number of aliphatic hydroxyl groups excluding tert-OH is 1. The van der Waals surface area contributed by atoms with Crippen LogP contribution in [0.1, 0.15) is 33.1 Å². The van der Waals surface area contributed by atoms with Crippen molar-refractivity contribution >= 4 is 23.6 Å². The van der Waals surface area contributed by atoms with Gasteiger partial charge >= 0.3 is 6.09 Å². The molecule has 1 saturated carbocycles. The third-order valence-electron chi connectivity index (χ3n) is 6.86. The number of aliphatic hydroxyl groups is 1. The number of alkyl carbamates (subject to hydrolysis) is 1. The molecule has 3 rings (SSSR count). The van der Waals surface area contributed by atoms with Crippen LogP contribution in [0.2, 0.25) is 0 Å². The number of nitrogens with zero attached hydrogens (tertiary/aromatic N) is 2. The number of amides is 3. The maximum absolute atomic E-state index is 13.3. The summed E-state index contributed by atoms with van der Waals surface area (Å²) in [5.41, 5.74) is 2.79. The van der Waals surface area contributed by atoms with Gasteiger partial charge in [0.15, 0.2) is 0 Å². The quantitative estimate of drug-likeness (QED) is 0.345. The van der Waals surface area contributed by atoms with Crippen LogP contribution in [0.5, 0.6) is 0 Å². The first kappa shape index (κ1) is 25.8. The molecule has 10 nitrogen and oxygen atoms in total. The SMILES string of the molecule is CC(C)[C@H](CO)NC(=O)O[C@@H]1CC[C@H](C(=O)N2CCN(c3ccccc3)CC2)[C@@H](C(=O)NO)C1. The van der Waals surface area contributed by atoms with Crippen LogP contribution in [0, 0.1) is 17.8 Å². The minimum atomic E-state index is -0.796. The van der Waals surface area contributed by atoms with Crippen LogP contribution in [0.3, 0.4) is 0 Å². The number of carbonyl (C=O) groups excluding carboxylic acids is 3. The number of anilines is 1. The molecule has 34 heavy (non-hydrogen) atoms. The molecule has 0 bridgehead atoms. The molecule has 1 aromatic rings. The molecule has 188 valence electrons. The Kier molecular flexibility index (Phi) is 9.12. The molecular weight excluding hydrogens is 440 g/mol. The summed E-state index contributed by atoms with van der Waals surface area (Å²) in [5.74, 6) is -2.11. The maximum atomic E-state index is 13.3. The number of hydrogen-bond donors (Lipinski definition) is 4. The first-order valence-corrected chi connectivity index (χ1v) is 11.9. The van der Waals surface area contributed by atoms with Crippen LogP contribution in [-0.4, -0.2) is 78.1 Å². The minimum absolute atomic E-state index is 0.0289. The number of benzene rings is 1. The average molecular weight is 477 g/mol.